The SMILES string of the molecule is C[C@@H]1CN(C(=O)c2n[nH]c3c2CN(C(=O)C2CC2)CC3)C[C@@H](C)O1. The van der Waals surface area contributed by atoms with Crippen molar-refractivity contribution in [3.8, 4) is 0 Å². The number of aromatic nitrogens is 2. The average Bonchev–Trinajstić information content (AvgIpc) is 3.32. The van der Waals surface area contributed by atoms with Crippen molar-refractivity contribution < 1.29 is 14.3 Å². The second-order valence-corrected chi connectivity index (χ2v) is 7.28. The third-order valence-corrected chi connectivity index (χ3v) is 5.08. The summed E-state index contributed by atoms with van der Waals surface area (Å²) in [7, 11) is 0. The van der Waals surface area contributed by atoms with Crippen LogP contribution < -0.4 is 0 Å². The molecule has 0 unspecified atom stereocenters. The summed E-state index contributed by atoms with van der Waals surface area (Å²) in [6.07, 6.45) is 2.80. The number of fused-ring (bicyclic) bond motifs is 1. The molecule has 1 aromatic rings. The fraction of sp³-hybridized carbons (Fsp3) is 0.706. The van der Waals surface area contributed by atoms with Gasteiger partial charge in [0.1, 0.15) is 0 Å². The number of hydrogen-bond acceptors (Lipinski definition) is 4. The molecule has 4 rings (SSSR count). The highest BCUT2D eigenvalue weighted by molar-refractivity contribution is 5.94. The van der Waals surface area contributed by atoms with Crippen LogP contribution in [-0.2, 0) is 22.5 Å². The van der Waals surface area contributed by atoms with Crippen LogP contribution in [0.4, 0.5) is 0 Å². The molecule has 2 amide bonds. The molecule has 2 atom stereocenters. The standard InChI is InChI=1S/C17H24N4O3/c1-10-7-21(8-11(2)24-10)17(23)15-13-9-20(16(22)12-3-4-12)6-5-14(13)18-19-15/h10-12H,3-9H2,1-2H3,(H,18,19)/t10-,11-/m1/s1. The number of aromatic amines is 1. The summed E-state index contributed by atoms with van der Waals surface area (Å²) >= 11 is 0. The molecular weight excluding hydrogens is 308 g/mol. The minimum Gasteiger partial charge on any atom is -0.372 e. The highest BCUT2D eigenvalue weighted by Crippen LogP contribution is 2.33. The van der Waals surface area contributed by atoms with E-state index >= 15 is 0 Å². The van der Waals surface area contributed by atoms with Gasteiger partial charge in [-0.3, -0.25) is 14.7 Å². The number of carbonyl (C=O) groups excluding carboxylic acids is 2. The minimum atomic E-state index is -0.0600. The van der Waals surface area contributed by atoms with E-state index in [1.807, 2.05) is 23.6 Å². The van der Waals surface area contributed by atoms with Gasteiger partial charge in [0.05, 0.1) is 12.2 Å². The fourth-order valence-corrected chi connectivity index (χ4v) is 3.74. The van der Waals surface area contributed by atoms with E-state index in [1.54, 1.807) is 0 Å². The van der Waals surface area contributed by atoms with Crippen LogP contribution >= 0.6 is 0 Å². The van der Waals surface area contributed by atoms with Gasteiger partial charge in [0.2, 0.25) is 5.91 Å². The van der Waals surface area contributed by atoms with Crippen LogP contribution in [0.15, 0.2) is 0 Å². The molecule has 1 aliphatic carbocycles. The first kappa shape index (κ1) is 15.6. The number of hydrogen-bond donors (Lipinski definition) is 1. The topological polar surface area (TPSA) is 78.5 Å². The van der Waals surface area contributed by atoms with Gasteiger partial charge in [-0.25, -0.2) is 0 Å². The lowest BCUT2D eigenvalue weighted by molar-refractivity contribution is -0.133. The second kappa shape index (κ2) is 5.88. The van der Waals surface area contributed by atoms with E-state index in [0.717, 1.165) is 30.5 Å². The van der Waals surface area contributed by atoms with Crippen LogP contribution in [0.1, 0.15) is 48.4 Å². The monoisotopic (exact) mass is 332 g/mol. The number of nitrogens with zero attached hydrogens (tertiary/aromatic N) is 3. The molecule has 1 aromatic heterocycles. The second-order valence-electron chi connectivity index (χ2n) is 7.28. The molecule has 3 aliphatic rings. The van der Waals surface area contributed by atoms with Gasteiger partial charge in [0.25, 0.3) is 5.91 Å². The normalized spacial score (nSPS) is 27.1. The van der Waals surface area contributed by atoms with Gasteiger partial charge < -0.3 is 14.5 Å². The van der Waals surface area contributed by atoms with Crippen molar-refractivity contribution in [2.75, 3.05) is 19.6 Å². The van der Waals surface area contributed by atoms with Crippen LogP contribution in [-0.4, -0.2) is 63.7 Å². The number of H-pyrrole nitrogens is 1. The van der Waals surface area contributed by atoms with Crippen LogP contribution in [0.5, 0.6) is 0 Å². The van der Waals surface area contributed by atoms with Crippen molar-refractivity contribution in [1.82, 2.24) is 20.0 Å². The van der Waals surface area contributed by atoms with E-state index in [4.69, 9.17) is 4.74 Å². The molecule has 2 aliphatic heterocycles. The Morgan fingerprint density at radius 2 is 1.88 bits per heavy atom. The van der Waals surface area contributed by atoms with E-state index < -0.39 is 0 Å². The fourth-order valence-electron chi connectivity index (χ4n) is 3.74. The van der Waals surface area contributed by atoms with E-state index in [0.29, 0.717) is 31.9 Å². The summed E-state index contributed by atoms with van der Waals surface area (Å²) in [6.45, 7) is 6.32. The highest BCUT2D eigenvalue weighted by atomic mass is 16.5. The molecular formula is C17H24N4O3. The zero-order chi connectivity index (χ0) is 16.8. The quantitative estimate of drug-likeness (QED) is 0.875. The number of carbonyl (C=O) groups is 2. The van der Waals surface area contributed by atoms with Crippen molar-refractivity contribution in [1.29, 1.82) is 0 Å². The largest absolute Gasteiger partial charge is 0.372 e. The molecule has 1 saturated heterocycles. The maximum absolute atomic E-state index is 12.9. The van der Waals surface area contributed by atoms with E-state index in [2.05, 4.69) is 10.2 Å². The third-order valence-electron chi connectivity index (χ3n) is 5.08. The summed E-state index contributed by atoms with van der Waals surface area (Å²) in [5.41, 5.74) is 2.36. The van der Waals surface area contributed by atoms with Gasteiger partial charge in [0, 0.05) is 49.8 Å². The summed E-state index contributed by atoms with van der Waals surface area (Å²) in [6, 6.07) is 0. The van der Waals surface area contributed by atoms with E-state index in [-0.39, 0.29) is 29.9 Å². The zero-order valence-corrected chi connectivity index (χ0v) is 14.2. The first-order chi connectivity index (χ1) is 11.5. The Kier molecular flexibility index (Phi) is 3.83. The Bertz CT molecular complexity index is 657. The lowest BCUT2D eigenvalue weighted by atomic mass is 10.0. The van der Waals surface area contributed by atoms with Crippen LogP contribution in [0.2, 0.25) is 0 Å². The van der Waals surface area contributed by atoms with Crippen LogP contribution in [0, 0.1) is 5.92 Å². The predicted molar refractivity (Wildman–Crippen MR) is 86.3 cm³/mol. The smallest absolute Gasteiger partial charge is 0.274 e. The molecule has 0 spiro atoms. The lowest BCUT2D eigenvalue weighted by Crippen LogP contribution is -2.48. The van der Waals surface area contributed by atoms with E-state index in [9.17, 15) is 9.59 Å². The molecule has 0 bridgehead atoms. The van der Waals surface area contributed by atoms with Crippen LogP contribution in [0.3, 0.4) is 0 Å². The predicted octanol–water partition coefficient (Wildman–Crippen LogP) is 0.954. The Morgan fingerprint density at radius 3 is 2.54 bits per heavy atom. The Morgan fingerprint density at radius 1 is 1.17 bits per heavy atom. The zero-order valence-electron chi connectivity index (χ0n) is 14.2. The Labute approximate surface area is 141 Å². The first-order valence-electron chi connectivity index (χ1n) is 8.82. The molecule has 7 nitrogen and oxygen atoms in total. The van der Waals surface area contributed by atoms with Gasteiger partial charge in [-0.2, -0.15) is 5.10 Å². The van der Waals surface area contributed by atoms with Gasteiger partial charge in [-0.05, 0) is 26.7 Å². The Hall–Kier alpha value is -1.89. The molecule has 130 valence electrons. The molecule has 1 saturated carbocycles. The molecule has 0 aromatic carbocycles. The van der Waals surface area contributed by atoms with Gasteiger partial charge in [0.15, 0.2) is 5.69 Å². The van der Waals surface area contributed by atoms with Gasteiger partial charge in [-0.15, -0.1) is 0 Å². The summed E-state index contributed by atoms with van der Waals surface area (Å²) in [4.78, 5) is 29.0. The number of nitrogens with one attached hydrogen (secondary N) is 1. The van der Waals surface area contributed by atoms with Crippen molar-refractivity contribution in [3.63, 3.8) is 0 Å². The van der Waals surface area contributed by atoms with E-state index in [1.165, 1.54) is 0 Å². The number of amides is 2. The lowest BCUT2D eigenvalue weighted by Gasteiger charge is -2.35. The molecule has 3 heterocycles. The van der Waals surface area contributed by atoms with Gasteiger partial charge >= 0.3 is 0 Å². The number of rotatable bonds is 2. The molecule has 24 heavy (non-hydrogen) atoms. The highest BCUT2D eigenvalue weighted by Gasteiger charge is 2.37. The summed E-state index contributed by atoms with van der Waals surface area (Å²) in [5, 5.41) is 7.29. The molecule has 1 N–H and O–H groups in total. The Balaban J connectivity index is 1.53. The summed E-state index contributed by atoms with van der Waals surface area (Å²) < 4.78 is 5.70. The maximum Gasteiger partial charge on any atom is 0.274 e. The van der Waals surface area contributed by atoms with Crippen molar-refractivity contribution >= 4 is 11.8 Å². The molecule has 2 fully saturated rings. The van der Waals surface area contributed by atoms with Crippen molar-refractivity contribution in [2.45, 2.75) is 51.9 Å². The average molecular weight is 332 g/mol. The number of morpholine rings is 1. The third kappa shape index (κ3) is 2.81. The summed E-state index contributed by atoms with van der Waals surface area (Å²) in [5.74, 6) is 0.377. The first-order valence-corrected chi connectivity index (χ1v) is 8.82. The number of ether oxygens (including phenoxy) is 1. The molecule has 7 heteroatoms. The van der Waals surface area contributed by atoms with Gasteiger partial charge in [-0.1, -0.05) is 0 Å². The van der Waals surface area contributed by atoms with Crippen molar-refractivity contribution in [3.05, 3.63) is 17.0 Å². The molecule has 0 radical (unpaired) electrons. The maximum atomic E-state index is 12.9. The minimum absolute atomic E-state index is 0.0282. The van der Waals surface area contributed by atoms with Crippen molar-refractivity contribution in [2.24, 2.45) is 5.92 Å². The van der Waals surface area contributed by atoms with Crippen LogP contribution in [0.25, 0.3) is 0 Å².